The number of amides is 1. The zero-order valence-electron chi connectivity index (χ0n) is 14.6. The summed E-state index contributed by atoms with van der Waals surface area (Å²) in [4.78, 5) is 17.0. The maximum absolute atomic E-state index is 11.9. The fraction of sp³-hybridized carbons (Fsp3) is 0.556. The number of para-hydroxylation sites is 1. The lowest BCUT2D eigenvalue weighted by molar-refractivity contribution is -0.126. The van der Waals surface area contributed by atoms with Gasteiger partial charge in [-0.25, -0.2) is 0 Å². The Hall–Kier alpha value is -2.24. The number of methoxy groups -OCH3 is 2. The first kappa shape index (κ1) is 18.1. The van der Waals surface area contributed by atoms with Crippen molar-refractivity contribution in [3.8, 4) is 11.5 Å². The first-order valence-electron chi connectivity index (χ1n) is 8.31. The van der Waals surface area contributed by atoms with Crippen LogP contribution >= 0.6 is 0 Å². The third-order valence-corrected chi connectivity index (χ3v) is 4.35. The Morgan fingerprint density at radius 2 is 2.08 bits per heavy atom. The minimum absolute atomic E-state index is 0.0913. The van der Waals surface area contributed by atoms with Gasteiger partial charge in [-0.3, -0.25) is 4.79 Å². The highest BCUT2D eigenvalue weighted by Gasteiger charge is 2.22. The van der Waals surface area contributed by atoms with Gasteiger partial charge in [0.2, 0.25) is 0 Å². The average Bonchev–Trinajstić information content (AvgIpc) is 2.60. The van der Waals surface area contributed by atoms with E-state index in [0.717, 1.165) is 12.0 Å². The molecule has 2 atom stereocenters. The van der Waals surface area contributed by atoms with Gasteiger partial charge < -0.3 is 19.6 Å². The number of benzene rings is 1. The smallest absolute Gasteiger partial charge is 0.261 e. The molecule has 24 heavy (non-hydrogen) atoms. The van der Waals surface area contributed by atoms with Crippen molar-refractivity contribution in [2.45, 2.75) is 38.6 Å². The number of nitrogens with one attached hydrogen (secondary N) is 1. The van der Waals surface area contributed by atoms with Crippen molar-refractivity contribution in [1.82, 2.24) is 5.32 Å². The van der Waals surface area contributed by atoms with E-state index in [4.69, 9.17) is 14.3 Å². The number of ether oxygens (including phenoxy) is 2. The number of carbonyl (C=O) groups excluding carboxylic acids is 1. The summed E-state index contributed by atoms with van der Waals surface area (Å²) >= 11 is 0. The Bertz CT molecular complexity index is 574. The van der Waals surface area contributed by atoms with Gasteiger partial charge in [-0.15, -0.1) is 0 Å². The van der Waals surface area contributed by atoms with Crippen molar-refractivity contribution in [1.29, 1.82) is 0 Å². The molecule has 1 amide bonds. The summed E-state index contributed by atoms with van der Waals surface area (Å²) in [5.74, 6) is 1.58. The van der Waals surface area contributed by atoms with Crippen LogP contribution in [0, 0.1) is 5.92 Å². The molecule has 1 aliphatic carbocycles. The first-order chi connectivity index (χ1) is 11.7. The summed E-state index contributed by atoms with van der Waals surface area (Å²) in [5, 5.41) is 6.88. The molecule has 0 radical (unpaired) electrons. The van der Waals surface area contributed by atoms with E-state index in [-0.39, 0.29) is 18.6 Å². The summed E-state index contributed by atoms with van der Waals surface area (Å²) in [6.07, 6.45) is 6.13. The van der Waals surface area contributed by atoms with E-state index >= 15 is 0 Å². The van der Waals surface area contributed by atoms with Crippen molar-refractivity contribution in [2.75, 3.05) is 20.8 Å². The Morgan fingerprint density at radius 3 is 2.79 bits per heavy atom. The Kier molecular flexibility index (Phi) is 6.90. The van der Waals surface area contributed by atoms with E-state index in [1.165, 1.54) is 25.5 Å². The van der Waals surface area contributed by atoms with Crippen molar-refractivity contribution >= 4 is 12.1 Å². The highest BCUT2D eigenvalue weighted by molar-refractivity contribution is 5.84. The topological polar surface area (TPSA) is 69.2 Å². The number of rotatable bonds is 7. The summed E-state index contributed by atoms with van der Waals surface area (Å²) in [6, 6.07) is 5.71. The van der Waals surface area contributed by atoms with Gasteiger partial charge in [-0.1, -0.05) is 31.0 Å². The lowest BCUT2D eigenvalue weighted by Crippen LogP contribution is -2.42. The largest absolute Gasteiger partial charge is 0.493 e. The van der Waals surface area contributed by atoms with Gasteiger partial charge in [-0.2, -0.15) is 0 Å². The molecule has 132 valence electrons. The molecule has 1 aromatic carbocycles. The highest BCUT2D eigenvalue weighted by atomic mass is 16.6. The molecule has 6 nitrogen and oxygen atoms in total. The van der Waals surface area contributed by atoms with E-state index in [1.54, 1.807) is 20.3 Å². The molecule has 0 aliphatic heterocycles. The number of hydrogen-bond donors (Lipinski definition) is 1. The van der Waals surface area contributed by atoms with E-state index in [0.29, 0.717) is 17.4 Å². The molecule has 1 aliphatic rings. The van der Waals surface area contributed by atoms with Crippen LogP contribution in [0.25, 0.3) is 0 Å². The first-order valence-corrected chi connectivity index (χ1v) is 8.31. The quantitative estimate of drug-likeness (QED) is 0.615. The van der Waals surface area contributed by atoms with Crippen LogP contribution in [0.15, 0.2) is 23.4 Å². The summed E-state index contributed by atoms with van der Waals surface area (Å²) in [5.41, 5.74) is 0.721. The Balaban J connectivity index is 1.83. The molecular weight excluding hydrogens is 308 g/mol. The molecule has 0 saturated heterocycles. The minimum atomic E-state index is -0.136. The van der Waals surface area contributed by atoms with Crippen LogP contribution < -0.4 is 14.8 Å². The zero-order valence-corrected chi connectivity index (χ0v) is 14.6. The summed E-state index contributed by atoms with van der Waals surface area (Å²) in [7, 11) is 3.14. The van der Waals surface area contributed by atoms with Gasteiger partial charge in [0, 0.05) is 11.6 Å². The number of hydrogen-bond acceptors (Lipinski definition) is 5. The van der Waals surface area contributed by atoms with E-state index in [9.17, 15) is 4.79 Å². The lowest BCUT2D eigenvalue weighted by Gasteiger charge is -2.29. The maximum atomic E-state index is 11.9. The van der Waals surface area contributed by atoms with Gasteiger partial charge in [0.05, 0.1) is 20.4 Å². The van der Waals surface area contributed by atoms with Gasteiger partial charge in [0.15, 0.2) is 18.1 Å². The van der Waals surface area contributed by atoms with Crippen LogP contribution in [0.1, 0.15) is 38.2 Å². The van der Waals surface area contributed by atoms with Gasteiger partial charge in [0.25, 0.3) is 5.91 Å². The fourth-order valence-corrected chi connectivity index (χ4v) is 2.98. The molecule has 1 fully saturated rings. The van der Waals surface area contributed by atoms with Crippen LogP contribution in [-0.4, -0.2) is 39.0 Å². The van der Waals surface area contributed by atoms with Crippen molar-refractivity contribution in [3.63, 3.8) is 0 Å². The molecule has 2 rings (SSSR count). The van der Waals surface area contributed by atoms with Gasteiger partial charge >= 0.3 is 0 Å². The second kappa shape index (κ2) is 9.15. The molecule has 6 heteroatoms. The average molecular weight is 334 g/mol. The van der Waals surface area contributed by atoms with Crippen LogP contribution in [-0.2, 0) is 9.63 Å². The lowest BCUT2D eigenvalue weighted by atomic mass is 9.86. The third-order valence-electron chi connectivity index (χ3n) is 4.35. The number of oxime groups is 1. The normalized spacial score (nSPS) is 20.6. The molecule has 0 bridgehead atoms. The second-order valence-corrected chi connectivity index (χ2v) is 6.03. The standard InChI is InChI=1S/C18H26N2O4/c1-13-7-4-5-9-15(13)20-17(21)12-24-19-11-14-8-6-10-16(22-2)18(14)23-3/h6,8,10-11,13,15H,4-5,7,9,12H2,1-3H3,(H,20,21)/b19-11-/t13-,15+/m1/s1. The summed E-state index contributed by atoms with van der Waals surface area (Å²) in [6.45, 7) is 2.09. The zero-order chi connectivity index (χ0) is 17.4. The molecule has 1 aromatic rings. The SMILES string of the molecule is COc1cccc(/C=N\OCC(=O)N[C@H]2CCCC[C@H]2C)c1OC. The fourth-order valence-electron chi connectivity index (χ4n) is 2.98. The van der Waals surface area contributed by atoms with Crippen molar-refractivity contribution < 1.29 is 19.1 Å². The minimum Gasteiger partial charge on any atom is -0.493 e. The molecular formula is C18H26N2O4. The Labute approximate surface area is 143 Å². The summed E-state index contributed by atoms with van der Waals surface area (Å²) < 4.78 is 10.5. The number of carbonyl (C=O) groups is 1. The van der Waals surface area contributed by atoms with E-state index in [1.807, 2.05) is 12.1 Å². The van der Waals surface area contributed by atoms with E-state index < -0.39 is 0 Å². The van der Waals surface area contributed by atoms with Crippen LogP contribution in [0.5, 0.6) is 11.5 Å². The highest BCUT2D eigenvalue weighted by Crippen LogP contribution is 2.29. The molecule has 1 saturated carbocycles. The Morgan fingerprint density at radius 1 is 1.29 bits per heavy atom. The number of nitrogens with zero attached hydrogens (tertiary/aromatic N) is 1. The second-order valence-electron chi connectivity index (χ2n) is 6.03. The third kappa shape index (κ3) is 4.88. The van der Waals surface area contributed by atoms with Crippen LogP contribution in [0.4, 0.5) is 0 Å². The molecule has 0 unspecified atom stereocenters. The predicted octanol–water partition coefficient (Wildman–Crippen LogP) is 2.75. The predicted molar refractivity (Wildman–Crippen MR) is 92.7 cm³/mol. The van der Waals surface area contributed by atoms with Crippen LogP contribution in [0.2, 0.25) is 0 Å². The van der Waals surface area contributed by atoms with Crippen molar-refractivity contribution in [2.24, 2.45) is 11.1 Å². The van der Waals surface area contributed by atoms with Gasteiger partial charge in [0.1, 0.15) is 0 Å². The van der Waals surface area contributed by atoms with Gasteiger partial charge in [-0.05, 0) is 30.9 Å². The van der Waals surface area contributed by atoms with Crippen LogP contribution in [0.3, 0.4) is 0 Å². The molecule has 0 spiro atoms. The monoisotopic (exact) mass is 334 g/mol. The maximum Gasteiger partial charge on any atom is 0.261 e. The molecule has 0 aromatic heterocycles. The molecule has 0 heterocycles. The molecule has 1 N–H and O–H groups in total. The van der Waals surface area contributed by atoms with E-state index in [2.05, 4.69) is 17.4 Å². The van der Waals surface area contributed by atoms with Crippen molar-refractivity contribution in [3.05, 3.63) is 23.8 Å².